The number of fused-ring (bicyclic) bond motifs is 1. The third kappa shape index (κ3) is 2.65. The first kappa shape index (κ1) is 12.3. The number of nitrogen functional groups attached to an aromatic ring is 1. The van der Waals surface area contributed by atoms with Crippen LogP contribution in [0.3, 0.4) is 0 Å². The molecule has 1 aromatic heterocycles. The molecule has 3 N–H and O–H groups in total. The van der Waals surface area contributed by atoms with Crippen LogP contribution in [0, 0.1) is 5.92 Å². The van der Waals surface area contributed by atoms with Crippen LogP contribution < -0.4 is 11.1 Å². The minimum atomic E-state index is -2.84. The normalized spacial score (nSPS) is 21.8. The van der Waals surface area contributed by atoms with E-state index in [9.17, 15) is 8.42 Å². The number of aromatic nitrogens is 1. The predicted molar refractivity (Wildman–Crippen MR) is 73.7 cm³/mol. The van der Waals surface area contributed by atoms with Gasteiger partial charge in [-0.15, -0.1) is 0 Å². The van der Waals surface area contributed by atoms with E-state index in [-0.39, 0.29) is 17.4 Å². The van der Waals surface area contributed by atoms with Crippen molar-refractivity contribution in [2.24, 2.45) is 5.92 Å². The molecule has 0 amide bonds. The maximum Gasteiger partial charge on any atom is 0.295 e. The fourth-order valence-corrected chi connectivity index (χ4v) is 4.14. The molecule has 7 heteroatoms. The molecule has 2 heterocycles. The van der Waals surface area contributed by atoms with Gasteiger partial charge in [-0.05, 0) is 24.5 Å². The first-order valence-corrected chi connectivity index (χ1v) is 7.94. The first-order valence-electron chi connectivity index (χ1n) is 6.12. The van der Waals surface area contributed by atoms with E-state index in [0.29, 0.717) is 30.3 Å². The van der Waals surface area contributed by atoms with Crippen LogP contribution in [0.2, 0.25) is 0 Å². The smallest absolute Gasteiger partial charge is 0.295 e. The van der Waals surface area contributed by atoms with Crippen molar-refractivity contribution in [3.8, 4) is 0 Å². The van der Waals surface area contributed by atoms with Crippen LogP contribution in [0.25, 0.3) is 11.1 Å². The molecule has 1 atom stereocenters. The van der Waals surface area contributed by atoms with E-state index in [1.54, 1.807) is 18.2 Å². The fourth-order valence-electron chi connectivity index (χ4n) is 2.28. The lowest BCUT2D eigenvalue weighted by Crippen LogP contribution is -2.15. The lowest BCUT2D eigenvalue weighted by molar-refractivity contribution is 0.576. The largest absolute Gasteiger partial charge is 0.423 e. The number of nitrogens with two attached hydrogens (primary N) is 1. The zero-order valence-corrected chi connectivity index (χ0v) is 11.1. The number of hydrogen-bond donors (Lipinski definition) is 2. The van der Waals surface area contributed by atoms with E-state index < -0.39 is 9.84 Å². The number of anilines is 2. The van der Waals surface area contributed by atoms with Gasteiger partial charge in [-0.2, -0.15) is 4.98 Å². The van der Waals surface area contributed by atoms with Crippen LogP contribution in [0.15, 0.2) is 22.6 Å². The molecule has 1 saturated heterocycles. The highest BCUT2D eigenvalue weighted by molar-refractivity contribution is 7.91. The second-order valence-electron chi connectivity index (χ2n) is 4.90. The minimum Gasteiger partial charge on any atom is -0.423 e. The predicted octanol–water partition coefficient (Wildman–Crippen LogP) is 1.26. The Kier molecular flexibility index (Phi) is 2.85. The molecule has 3 rings (SSSR count). The quantitative estimate of drug-likeness (QED) is 0.822. The van der Waals surface area contributed by atoms with Gasteiger partial charge >= 0.3 is 0 Å². The third-order valence-corrected chi connectivity index (χ3v) is 5.12. The van der Waals surface area contributed by atoms with Crippen LogP contribution in [0.5, 0.6) is 0 Å². The molecule has 102 valence electrons. The van der Waals surface area contributed by atoms with E-state index in [1.807, 2.05) is 0 Å². The zero-order valence-electron chi connectivity index (χ0n) is 10.3. The van der Waals surface area contributed by atoms with Crippen molar-refractivity contribution in [1.29, 1.82) is 0 Å². The maximum atomic E-state index is 11.3. The Morgan fingerprint density at radius 3 is 3.05 bits per heavy atom. The summed E-state index contributed by atoms with van der Waals surface area (Å²) < 4.78 is 28.2. The number of hydrogen-bond acceptors (Lipinski definition) is 6. The molecule has 6 nitrogen and oxygen atoms in total. The lowest BCUT2D eigenvalue weighted by Gasteiger charge is -2.06. The standard InChI is InChI=1S/C12H15N3O3S/c13-9-1-2-10-11(5-9)18-12(15-10)14-6-8-3-4-19(16,17)7-8/h1-2,5,8H,3-4,6-7,13H2,(H,14,15). The summed E-state index contributed by atoms with van der Waals surface area (Å²) in [5.41, 5.74) is 7.64. The number of sulfone groups is 1. The van der Waals surface area contributed by atoms with Gasteiger partial charge in [0.25, 0.3) is 6.01 Å². The second-order valence-corrected chi connectivity index (χ2v) is 7.12. The van der Waals surface area contributed by atoms with Gasteiger partial charge in [0.05, 0.1) is 11.5 Å². The molecule has 0 bridgehead atoms. The van der Waals surface area contributed by atoms with E-state index in [0.717, 1.165) is 5.52 Å². The third-order valence-electron chi connectivity index (χ3n) is 3.28. The van der Waals surface area contributed by atoms with E-state index in [4.69, 9.17) is 10.2 Å². The van der Waals surface area contributed by atoms with Crippen LogP contribution >= 0.6 is 0 Å². The molecule has 0 radical (unpaired) electrons. The number of rotatable bonds is 3. The van der Waals surface area contributed by atoms with Crippen LogP contribution in [0.4, 0.5) is 11.7 Å². The van der Waals surface area contributed by atoms with Crippen molar-refractivity contribution < 1.29 is 12.8 Å². The van der Waals surface area contributed by atoms with Crippen molar-refractivity contribution in [3.63, 3.8) is 0 Å². The number of oxazole rings is 1. The van der Waals surface area contributed by atoms with Crippen molar-refractivity contribution in [2.75, 3.05) is 29.1 Å². The Morgan fingerprint density at radius 1 is 1.47 bits per heavy atom. The number of nitrogens with one attached hydrogen (secondary N) is 1. The second kappa shape index (κ2) is 4.41. The average molecular weight is 281 g/mol. The molecule has 1 aromatic carbocycles. The van der Waals surface area contributed by atoms with Crippen molar-refractivity contribution in [3.05, 3.63) is 18.2 Å². The van der Waals surface area contributed by atoms with Gasteiger partial charge in [0.2, 0.25) is 0 Å². The minimum absolute atomic E-state index is 0.130. The van der Waals surface area contributed by atoms with Crippen molar-refractivity contribution >= 4 is 32.6 Å². The Bertz CT molecular complexity index is 708. The van der Waals surface area contributed by atoms with Gasteiger partial charge in [0.1, 0.15) is 5.52 Å². The Labute approximate surface area is 110 Å². The summed E-state index contributed by atoms with van der Waals surface area (Å²) >= 11 is 0. The van der Waals surface area contributed by atoms with Gasteiger partial charge < -0.3 is 15.5 Å². The first-order chi connectivity index (χ1) is 9.02. The molecule has 2 aromatic rings. The molecule has 0 spiro atoms. The molecule has 1 aliphatic heterocycles. The molecule has 1 fully saturated rings. The molecule has 19 heavy (non-hydrogen) atoms. The molecule has 1 aliphatic rings. The van der Waals surface area contributed by atoms with E-state index >= 15 is 0 Å². The van der Waals surface area contributed by atoms with Crippen LogP contribution in [-0.4, -0.2) is 31.5 Å². The summed E-state index contributed by atoms with van der Waals surface area (Å²) in [6.45, 7) is 0.557. The molecule has 0 saturated carbocycles. The van der Waals surface area contributed by atoms with Crippen LogP contribution in [0.1, 0.15) is 6.42 Å². The average Bonchev–Trinajstić information content (AvgIpc) is 2.89. The van der Waals surface area contributed by atoms with Crippen molar-refractivity contribution in [1.82, 2.24) is 4.98 Å². The number of benzene rings is 1. The Hall–Kier alpha value is -1.76. The van der Waals surface area contributed by atoms with Crippen molar-refractivity contribution in [2.45, 2.75) is 6.42 Å². The molecule has 1 unspecified atom stereocenters. The van der Waals surface area contributed by atoms with Crippen LogP contribution in [-0.2, 0) is 9.84 Å². The fraction of sp³-hybridized carbons (Fsp3) is 0.417. The molecule has 0 aliphatic carbocycles. The summed E-state index contributed by atoms with van der Waals surface area (Å²) in [7, 11) is -2.84. The SMILES string of the molecule is Nc1ccc2nc(NCC3CCS(=O)(=O)C3)oc2c1. The van der Waals surface area contributed by atoms with Gasteiger partial charge in [-0.1, -0.05) is 0 Å². The Balaban J connectivity index is 1.69. The summed E-state index contributed by atoms with van der Waals surface area (Å²) in [4.78, 5) is 4.27. The summed E-state index contributed by atoms with van der Waals surface area (Å²) in [5.74, 6) is 0.654. The Morgan fingerprint density at radius 2 is 2.32 bits per heavy atom. The highest BCUT2D eigenvalue weighted by atomic mass is 32.2. The highest BCUT2D eigenvalue weighted by Crippen LogP contribution is 2.23. The number of nitrogens with zero attached hydrogens (tertiary/aromatic N) is 1. The van der Waals surface area contributed by atoms with E-state index in [1.165, 1.54) is 0 Å². The lowest BCUT2D eigenvalue weighted by atomic mass is 10.1. The van der Waals surface area contributed by atoms with Gasteiger partial charge in [-0.3, -0.25) is 0 Å². The summed E-state index contributed by atoms with van der Waals surface area (Å²) in [5, 5.41) is 3.05. The summed E-state index contributed by atoms with van der Waals surface area (Å²) in [6, 6.07) is 5.68. The zero-order chi connectivity index (χ0) is 13.5. The van der Waals surface area contributed by atoms with Gasteiger partial charge in [0.15, 0.2) is 15.4 Å². The topological polar surface area (TPSA) is 98.2 Å². The van der Waals surface area contributed by atoms with E-state index in [2.05, 4.69) is 10.3 Å². The maximum absolute atomic E-state index is 11.3. The monoisotopic (exact) mass is 281 g/mol. The van der Waals surface area contributed by atoms with Gasteiger partial charge in [0, 0.05) is 18.3 Å². The molecular formula is C12H15N3O3S. The summed E-state index contributed by atoms with van der Waals surface area (Å²) in [6.07, 6.45) is 0.697. The molecular weight excluding hydrogens is 266 g/mol. The highest BCUT2D eigenvalue weighted by Gasteiger charge is 2.27. The van der Waals surface area contributed by atoms with Gasteiger partial charge in [-0.25, -0.2) is 8.42 Å².